The molecule has 0 aromatic heterocycles. The van der Waals surface area contributed by atoms with Gasteiger partial charge in [-0.25, -0.2) is 9.18 Å². The molecule has 6 heteroatoms. The van der Waals surface area contributed by atoms with Gasteiger partial charge in [-0.1, -0.05) is 45.0 Å². The second-order valence-corrected chi connectivity index (χ2v) is 8.28. The van der Waals surface area contributed by atoms with Crippen molar-refractivity contribution in [3.8, 4) is 5.75 Å². The number of carbonyl (C=O) groups is 1. The molecule has 2 aromatic carbocycles. The van der Waals surface area contributed by atoms with Crippen LogP contribution >= 0.6 is 0 Å². The molecular formula is C23H30FN3O2. The number of nitrogens with zero attached hydrogens (tertiary/aromatic N) is 2. The number of hydrogen-bond donors (Lipinski definition) is 1. The Bertz CT molecular complexity index is 810. The number of halogens is 1. The van der Waals surface area contributed by atoms with Gasteiger partial charge >= 0.3 is 6.03 Å². The van der Waals surface area contributed by atoms with Crippen LogP contribution in [0.1, 0.15) is 26.3 Å². The van der Waals surface area contributed by atoms with Crippen LogP contribution < -0.4 is 15.0 Å². The SMILES string of the molecule is CC(C)(C)c1ccc(OCCNC(=O)N2CCN(c3ccccc3F)CC2)cc1. The van der Waals surface area contributed by atoms with E-state index in [-0.39, 0.29) is 17.3 Å². The Hall–Kier alpha value is -2.76. The van der Waals surface area contributed by atoms with E-state index in [0.717, 1.165) is 5.75 Å². The van der Waals surface area contributed by atoms with Crippen LogP contribution in [-0.4, -0.2) is 50.3 Å². The minimum Gasteiger partial charge on any atom is -0.492 e. The second-order valence-electron chi connectivity index (χ2n) is 8.28. The van der Waals surface area contributed by atoms with Gasteiger partial charge in [0.15, 0.2) is 0 Å². The monoisotopic (exact) mass is 399 g/mol. The predicted molar refractivity (Wildman–Crippen MR) is 114 cm³/mol. The summed E-state index contributed by atoms with van der Waals surface area (Å²) < 4.78 is 19.6. The zero-order valence-electron chi connectivity index (χ0n) is 17.5. The van der Waals surface area contributed by atoms with E-state index in [1.165, 1.54) is 11.6 Å². The van der Waals surface area contributed by atoms with Crippen molar-refractivity contribution >= 4 is 11.7 Å². The van der Waals surface area contributed by atoms with Crippen LogP contribution in [0.25, 0.3) is 0 Å². The summed E-state index contributed by atoms with van der Waals surface area (Å²) in [5.74, 6) is 0.573. The van der Waals surface area contributed by atoms with Crippen molar-refractivity contribution < 1.29 is 13.9 Å². The van der Waals surface area contributed by atoms with Gasteiger partial charge in [-0.15, -0.1) is 0 Å². The molecule has 0 atom stereocenters. The number of rotatable bonds is 5. The van der Waals surface area contributed by atoms with E-state index in [9.17, 15) is 9.18 Å². The highest BCUT2D eigenvalue weighted by atomic mass is 19.1. The number of ether oxygens (including phenoxy) is 1. The number of anilines is 1. The quantitative estimate of drug-likeness (QED) is 0.772. The highest BCUT2D eigenvalue weighted by Crippen LogP contribution is 2.24. The summed E-state index contributed by atoms with van der Waals surface area (Å²) in [7, 11) is 0. The fraction of sp³-hybridized carbons (Fsp3) is 0.435. The fourth-order valence-electron chi connectivity index (χ4n) is 3.35. The van der Waals surface area contributed by atoms with Gasteiger partial charge in [-0.3, -0.25) is 0 Å². The number of urea groups is 1. The van der Waals surface area contributed by atoms with E-state index in [0.29, 0.717) is 45.0 Å². The Morgan fingerprint density at radius 1 is 1.03 bits per heavy atom. The molecule has 0 unspecified atom stereocenters. The largest absolute Gasteiger partial charge is 0.492 e. The Balaban J connectivity index is 1.38. The summed E-state index contributed by atoms with van der Waals surface area (Å²) >= 11 is 0. The zero-order chi connectivity index (χ0) is 20.9. The lowest BCUT2D eigenvalue weighted by molar-refractivity contribution is 0.191. The molecule has 0 spiro atoms. The smallest absolute Gasteiger partial charge is 0.317 e. The first-order valence-electron chi connectivity index (χ1n) is 10.1. The molecule has 1 heterocycles. The number of carbonyl (C=O) groups excluding carboxylic acids is 1. The van der Waals surface area contributed by atoms with Crippen LogP contribution in [0.3, 0.4) is 0 Å². The molecule has 1 N–H and O–H groups in total. The normalized spacial score (nSPS) is 14.6. The lowest BCUT2D eigenvalue weighted by atomic mass is 9.87. The van der Waals surface area contributed by atoms with Gasteiger partial charge in [-0.2, -0.15) is 0 Å². The maximum atomic E-state index is 13.9. The summed E-state index contributed by atoms with van der Waals surface area (Å²) in [5, 5.41) is 2.89. The van der Waals surface area contributed by atoms with Gasteiger partial charge in [0.2, 0.25) is 0 Å². The maximum absolute atomic E-state index is 13.9. The number of benzene rings is 2. The minimum absolute atomic E-state index is 0.107. The summed E-state index contributed by atoms with van der Waals surface area (Å²) in [4.78, 5) is 16.1. The van der Waals surface area contributed by atoms with Gasteiger partial charge in [0.25, 0.3) is 0 Å². The van der Waals surface area contributed by atoms with Crippen LogP contribution in [0.15, 0.2) is 48.5 Å². The summed E-state index contributed by atoms with van der Waals surface area (Å²) in [6.07, 6.45) is 0. The number of nitrogens with one attached hydrogen (secondary N) is 1. The van der Waals surface area contributed by atoms with E-state index in [1.807, 2.05) is 23.1 Å². The molecule has 1 aliphatic rings. The average Bonchev–Trinajstić information content (AvgIpc) is 2.71. The molecule has 2 aromatic rings. The lowest BCUT2D eigenvalue weighted by Crippen LogP contribution is -2.52. The van der Waals surface area contributed by atoms with E-state index < -0.39 is 0 Å². The summed E-state index contributed by atoms with van der Waals surface area (Å²) in [6.45, 7) is 9.74. The molecule has 1 saturated heterocycles. The summed E-state index contributed by atoms with van der Waals surface area (Å²) in [5.41, 5.74) is 1.97. The zero-order valence-corrected chi connectivity index (χ0v) is 17.5. The summed E-state index contributed by atoms with van der Waals surface area (Å²) in [6, 6.07) is 14.7. The van der Waals surface area contributed by atoms with E-state index >= 15 is 0 Å². The third kappa shape index (κ3) is 5.62. The average molecular weight is 400 g/mol. The van der Waals surface area contributed by atoms with Crippen molar-refractivity contribution in [3.05, 3.63) is 59.9 Å². The van der Waals surface area contributed by atoms with E-state index in [1.54, 1.807) is 17.0 Å². The Morgan fingerprint density at radius 3 is 2.31 bits per heavy atom. The maximum Gasteiger partial charge on any atom is 0.317 e. The molecule has 3 rings (SSSR count). The van der Waals surface area contributed by atoms with Crippen LogP contribution in [0.4, 0.5) is 14.9 Å². The molecule has 1 aliphatic heterocycles. The van der Waals surface area contributed by atoms with E-state index in [4.69, 9.17) is 4.74 Å². The fourth-order valence-corrected chi connectivity index (χ4v) is 3.35. The topological polar surface area (TPSA) is 44.8 Å². The molecule has 2 amide bonds. The minimum atomic E-state index is -0.224. The van der Waals surface area contributed by atoms with Crippen molar-refractivity contribution in [3.63, 3.8) is 0 Å². The Morgan fingerprint density at radius 2 is 1.69 bits per heavy atom. The van der Waals surface area contributed by atoms with Crippen LogP contribution in [-0.2, 0) is 5.41 Å². The molecule has 156 valence electrons. The molecule has 0 radical (unpaired) electrons. The first-order valence-corrected chi connectivity index (χ1v) is 10.1. The van der Waals surface area contributed by atoms with Crippen molar-refractivity contribution in [2.24, 2.45) is 0 Å². The molecule has 5 nitrogen and oxygen atoms in total. The van der Waals surface area contributed by atoms with Crippen molar-refractivity contribution in [1.29, 1.82) is 0 Å². The molecule has 0 saturated carbocycles. The third-order valence-electron chi connectivity index (χ3n) is 5.13. The van der Waals surface area contributed by atoms with Gasteiger partial charge in [0.05, 0.1) is 12.2 Å². The second kappa shape index (κ2) is 9.16. The Labute approximate surface area is 172 Å². The number of amides is 2. The van der Waals surface area contributed by atoms with Crippen LogP contribution in [0.2, 0.25) is 0 Å². The number of para-hydroxylation sites is 1. The van der Waals surface area contributed by atoms with Crippen molar-refractivity contribution in [2.75, 3.05) is 44.2 Å². The van der Waals surface area contributed by atoms with Gasteiger partial charge < -0.3 is 19.9 Å². The predicted octanol–water partition coefficient (Wildman–Crippen LogP) is 4.03. The number of piperazine rings is 1. The van der Waals surface area contributed by atoms with E-state index in [2.05, 4.69) is 38.2 Å². The lowest BCUT2D eigenvalue weighted by Gasteiger charge is -2.36. The molecule has 1 fully saturated rings. The van der Waals surface area contributed by atoms with Gasteiger partial charge in [0.1, 0.15) is 18.2 Å². The van der Waals surface area contributed by atoms with Crippen LogP contribution in [0.5, 0.6) is 5.75 Å². The molecule has 29 heavy (non-hydrogen) atoms. The van der Waals surface area contributed by atoms with Crippen molar-refractivity contribution in [2.45, 2.75) is 26.2 Å². The van der Waals surface area contributed by atoms with Gasteiger partial charge in [-0.05, 0) is 35.2 Å². The molecule has 0 aliphatic carbocycles. The third-order valence-corrected chi connectivity index (χ3v) is 5.13. The highest BCUT2D eigenvalue weighted by Gasteiger charge is 2.22. The first kappa shape index (κ1) is 21.0. The molecule has 0 bridgehead atoms. The molecular weight excluding hydrogens is 369 g/mol. The highest BCUT2D eigenvalue weighted by molar-refractivity contribution is 5.74. The van der Waals surface area contributed by atoms with Crippen molar-refractivity contribution in [1.82, 2.24) is 10.2 Å². The standard InChI is InChI=1S/C23H30FN3O2/c1-23(2,3)18-8-10-19(11-9-18)29-17-12-25-22(28)27-15-13-26(14-16-27)21-7-5-4-6-20(21)24/h4-11H,12-17H2,1-3H3,(H,25,28). The van der Waals surface area contributed by atoms with Gasteiger partial charge in [0, 0.05) is 26.2 Å². The first-order chi connectivity index (χ1) is 13.8. The van der Waals surface area contributed by atoms with Crippen LogP contribution in [0, 0.1) is 5.82 Å². The number of hydrogen-bond acceptors (Lipinski definition) is 3. The Kier molecular flexibility index (Phi) is 6.62.